The molecule has 0 atom stereocenters. The van der Waals surface area contributed by atoms with Crippen LogP contribution in [0.2, 0.25) is 0 Å². The van der Waals surface area contributed by atoms with Crippen molar-refractivity contribution in [3.05, 3.63) is 23.9 Å². The third-order valence-corrected chi connectivity index (χ3v) is 1.66. The van der Waals surface area contributed by atoms with Gasteiger partial charge in [-0.2, -0.15) is 0 Å². The lowest BCUT2D eigenvalue weighted by molar-refractivity contribution is 0.794. The molecule has 0 spiro atoms. The number of aromatic nitrogens is 1. The molecule has 0 radical (unpaired) electrons. The molecule has 0 saturated carbocycles. The molecule has 0 bridgehead atoms. The van der Waals surface area contributed by atoms with Crippen LogP contribution in [0.4, 0.5) is 5.82 Å². The highest BCUT2D eigenvalue weighted by molar-refractivity contribution is 5.31. The zero-order valence-electron chi connectivity index (χ0n) is 6.88. The Kier molecular flexibility index (Phi) is 2.90. The average Bonchev–Trinajstić information content (AvgIpc) is 2.01. The second-order valence-electron chi connectivity index (χ2n) is 2.69. The molecule has 11 heavy (non-hydrogen) atoms. The van der Waals surface area contributed by atoms with E-state index >= 15 is 0 Å². The van der Waals surface area contributed by atoms with E-state index in [9.17, 15) is 0 Å². The smallest absolute Gasteiger partial charge is 0.123 e. The molecule has 0 aliphatic rings. The van der Waals surface area contributed by atoms with Crippen molar-refractivity contribution < 1.29 is 0 Å². The van der Waals surface area contributed by atoms with Crippen LogP contribution in [0.3, 0.4) is 0 Å². The fraction of sp³-hybridized carbons (Fsp3) is 0.444. The van der Waals surface area contributed by atoms with Gasteiger partial charge in [0.1, 0.15) is 5.82 Å². The van der Waals surface area contributed by atoms with Gasteiger partial charge in [0.15, 0.2) is 0 Å². The van der Waals surface area contributed by atoms with E-state index in [-0.39, 0.29) is 0 Å². The summed E-state index contributed by atoms with van der Waals surface area (Å²) in [6.45, 7) is 2.19. The van der Waals surface area contributed by atoms with Crippen molar-refractivity contribution in [1.29, 1.82) is 0 Å². The van der Waals surface area contributed by atoms with E-state index in [2.05, 4.69) is 11.9 Å². The maximum atomic E-state index is 5.52. The summed E-state index contributed by atoms with van der Waals surface area (Å²) in [7, 11) is 0. The van der Waals surface area contributed by atoms with E-state index in [4.69, 9.17) is 5.73 Å². The SMILES string of the molecule is CCCCc1ccnc(N)c1. The number of nitrogens with two attached hydrogens (primary N) is 1. The third kappa shape index (κ3) is 2.58. The number of nitrogens with zero attached hydrogens (tertiary/aromatic N) is 1. The Bertz CT molecular complexity index is 221. The second-order valence-corrected chi connectivity index (χ2v) is 2.69. The number of unbranched alkanes of at least 4 members (excludes halogenated alkanes) is 1. The molecule has 0 saturated heterocycles. The number of hydrogen-bond acceptors (Lipinski definition) is 2. The summed E-state index contributed by atoms with van der Waals surface area (Å²) in [5.41, 5.74) is 6.81. The van der Waals surface area contributed by atoms with Gasteiger partial charge in [-0.3, -0.25) is 0 Å². The second kappa shape index (κ2) is 3.96. The summed E-state index contributed by atoms with van der Waals surface area (Å²) in [4.78, 5) is 3.93. The van der Waals surface area contributed by atoms with E-state index in [0.717, 1.165) is 6.42 Å². The molecule has 1 aromatic heterocycles. The zero-order chi connectivity index (χ0) is 8.10. The van der Waals surface area contributed by atoms with Crippen molar-refractivity contribution in [2.24, 2.45) is 0 Å². The predicted octanol–water partition coefficient (Wildman–Crippen LogP) is 2.01. The van der Waals surface area contributed by atoms with Gasteiger partial charge >= 0.3 is 0 Å². The summed E-state index contributed by atoms with van der Waals surface area (Å²) in [5.74, 6) is 0.624. The molecule has 0 aliphatic heterocycles. The molecule has 2 heteroatoms. The zero-order valence-corrected chi connectivity index (χ0v) is 6.88. The number of hydrogen-bond donors (Lipinski definition) is 1. The Balaban J connectivity index is 2.56. The molecular formula is C9H14N2. The number of rotatable bonds is 3. The largest absolute Gasteiger partial charge is 0.384 e. The molecule has 0 fully saturated rings. The van der Waals surface area contributed by atoms with E-state index < -0.39 is 0 Å². The molecule has 2 nitrogen and oxygen atoms in total. The number of anilines is 1. The normalized spacial score (nSPS) is 9.91. The lowest BCUT2D eigenvalue weighted by Crippen LogP contribution is -1.91. The fourth-order valence-electron chi connectivity index (χ4n) is 1.03. The Hall–Kier alpha value is -1.05. The maximum absolute atomic E-state index is 5.52. The van der Waals surface area contributed by atoms with Gasteiger partial charge in [0.2, 0.25) is 0 Å². The highest BCUT2D eigenvalue weighted by atomic mass is 14.8. The fourth-order valence-corrected chi connectivity index (χ4v) is 1.03. The summed E-state index contributed by atoms with van der Waals surface area (Å²) in [6.07, 6.45) is 5.33. The molecule has 2 N–H and O–H groups in total. The van der Waals surface area contributed by atoms with E-state index in [1.165, 1.54) is 18.4 Å². The Labute approximate surface area is 67.5 Å². The van der Waals surface area contributed by atoms with Crippen molar-refractivity contribution in [1.82, 2.24) is 4.98 Å². The Morgan fingerprint density at radius 3 is 3.00 bits per heavy atom. The Morgan fingerprint density at radius 1 is 1.55 bits per heavy atom. The number of pyridine rings is 1. The summed E-state index contributed by atoms with van der Waals surface area (Å²) in [5, 5.41) is 0. The molecule has 0 aromatic carbocycles. The molecule has 1 aromatic rings. The van der Waals surface area contributed by atoms with Crippen LogP contribution in [-0.2, 0) is 6.42 Å². The van der Waals surface area contributed by atoms with E-state index in [1.807, 2.05) is 12.1 Å². The monoisotopic (exact) mass is 150 g/mol. The van der Waals surface area contributed by atoms with Crippen molar-refractivity contribution in [2.45, 2.75) is 26.2 Å². The lowest BCUT2D eigenvalue weighted by Gasteiger charge is -1.98. The van der Waals surface area contributed by atoms with Crippen molar-refractivity contribution in [3.8, 4) is 0 Å². The first-order chi connectivity index (χ1) is 5.33. The average molecular weight is 150 g/mol. The minimum Gasteiger partial charge on any atom is -0.384 e. The predicted molar refractivity (Wildman–Crippen MR) is 47.3 cm³/mol. The van der Waals surface area contributed by atoms with Gasteiger partial charge in [-0.1, -0.05) is 13.3 Å². The van der Waals surface area contributed by atoms with E-state index in [1.54, 1.807) is 6.20 Å². The van der Waals surface area contributed by atoms with Gasteiger partial charge in [0.25, 0.3) is 0 Å². The van der Waals surface area contributed by atoms with Crippen molar-refractivity contribution >= 4 is 5.82 Å². The standard InChI is InChI=1S/C9H14N2/c1-2-3-4-8-5-6-11-9(10)7-8/h5-7H,2-4H2,1H3,(H2,10,11). The first-order valence-corrected chi connectivity index (χ1v) is 4.03. The number of nitrogen functional groups attached to an aromatic ring is 1. The van der Waals surface area contributed by atoms with Crippen LogP contribution in [0.15, 0.2) is 18.3 Å². The molecular weight excluding hydrogens is 136 g/mol. The topological polar surface area (TPSA) is 38.9 Å². The van der Waals surface area contributed by atoms with Gasteiger partial charge in [0.05, 0.1) is 0 Å². The summed E-state index contributed by atoms with van der Waals surface area (Å²) >= 11 is 0. The summed E-state index contributed by atoms with van der Waals surface area (Å²) < 4.78 is 0. The van der Waals surface area contributed by atoms with Crippen LogP contribution in [0.1, 0.15) is 25.3 Å². The van der Waals surface area contributed by atoms with Crippen LogP contribution in [0, 0.1) is 0 Å². The van der Waals surface area contributed by atoms with Crippen LogP contribution in [0.25, 0.3) is 0 Å². The lowest BCUT2D eigenvalue weighted by atomic mass is 10.1. The van der Waals surface area contributed by atoms with E-state index in [0.29, 0.717) is 5.82 Å². The molecule has 0 aliphatic carbocycles. The van der Waals surface area contributed by atoms with Crippen LogP contribution >= 0.6 is 0 Å². The first kappa shape index (κ1) is 8.05. The van der Waals surface area contributed by atoms with Crippen LogP contribution < -0.4 is 5.73 Å². The van der Waals surface area contributed by atoms with Gasteiger partial charge in [-0.15, -0.1) is 0 Å². The minimum atomic E-state index is 0.624. The molecule has 0 unspecified atom stereocenters. The first-order valence-electron chi connectivity index (χ1n) is 4.03. The molecule has 1 rings (SSSR count). The van der Waals surface area contributed by atoms with Crippen molar-refractivity contribution in [2.75, 3.05) is 5.73 Å². The Morgan fingerprint density at radius 2 is 2.36 bits per heavy atom. The molecule has 60 valence electrons. The van der Waals surface area contributed by atoms with Gasteiger partial charge in [-0.05, 0) is 30.5 Å². The van der Waals surface area contributed by atoms with Crippen molar-refractivity contribution in [3.63, 3.8) is 0 Å². The molecule has 0 amide bonds. The highest BCUT2D eigenvalue weighted by Gasteiger charge is 1.92. The summed E-state index contributed by atoms with van der Waals surface area (Å²) in [6, 6.07) is 3.96. The quantitative estimate of drug-likeness (QED) is 0.715. The van der Waals surface area contributed by atoms with Crippen LogP contribution in [-0.4, -0.2) is 4.98 Å². The third-order valence-electron chi connectivity index (χ3n) is 1.66. The van der Waals surface area contributed by atoms with Gasteiger partial charge in [0, 0.05) is 6.20 Å². The molecule has 1 heterocycles. The maximum Gasteiger partial charge on any atom is 0.123 e. The van der Waals surface area contributed by atoms with Gasteiger partial charge in [-0.25, -0.2) is 4.98 Å². The van der Waals surface area contributed by atoms with Crippen LogP contribution in [0.5, 0.6) is 0 Å². The minimum absolute atomic E-state index is 0.624. The number of aryl methyl sites for hydroxylation is 1. The van der Waals surface area contributed by atoms with Gasteiger partial charge < -0.3 is 5.73 Å². The highest BCUT2D eigenvalue weighted by Crippen LogP contribution is 2.06.